The van der Waals surface area contributed by atoms with E-state index in [1.165, 1.54) is 23.1 Å². The van der Waals surface area contributed by atoms with Gasteiger partial charge < -0.3 is 14.7 Å². The molecule has 1 amide bonds. The molecule has 0 aliphatic carbocycles. The van der Waals surface area contributed by atoms with E-state index in [1.807, 2.05) is 6.07 Å². The predicted octanol–water partition coefficient (Wildman–Crippen LogP) is 1.79. The number of carbonyl (C=O) groups excluding carboxylic acids is 1. The first kappa shape index (κ1) is 15.8. The van der Waals surface area contributed by atoms with Crippen molar-refractivity contribution in [3.63, 3.8) is 0 Å². The molecular formula is C13H13ClN2O4. The summed E-state index contributed by atoms with van der Waals surface area (Å²) in [5.41, 5.74) is -0.0677. The molecule has 0 heterocycles. The quantitative estimate of drug-likeness (QED) is 0.864. The van der Waals surface area contributed by atoms with Crippen LogP contribution in [0.3, 0.4) is 0 Å². The number of halogens is 1. The van der Waals surface area contributed by atoms with Crippen molar-refractivity contribution in [2.75, 3.05) is 20.2 Å². The molecule has 0 unspecified atom stereocenters. The van der Waals surface area contributed by atoms with Crippen LogP contribution in [-0.2, 0) is 4.79 Å². The molecule has 1 aromatic rings. The van der Waals surface area contributed by atoms with Crippen molar-refractivity contribution in [1.29, 1.82) is 5.26 Å². The number of carboxylic acids is 1. The third kappa shape index (κ3) is 4.44. The zero-order valence-corrected chi connectivity index (χ0v) is 11.6. The van der Waals surface area contributed by atoms with Crippen LogP contribution < -0.4 is 4.74 Å². The Bertz CT molecular complexity index is 554. The van der Waals surface area contributed by atoms with Crippen LogP contribution in [0.2, 0.25) is 5.02 Å². The average molecular weight is 297 g/mol. The fourth-order valence-electron chi connectivity index (χ4n) is 1.38. The van der Waals surface area contributed by atoms with Gasteiger partial charge in [-0.3, -0.25) is 4.79 Å². The van der Waals surface area contributed by atoms with Crippen molar-refractivity contribution in [3.8, 4) is 11.8 Å². The van der Waals surface area contributed by atoms with Gasteiger partial charge in [0.15, 0.2) is 6.61 Å². The second-order valence-corrected chi connectivity index (χ2v) is 4.39. The van der Waals surface area contributed by atoms with Crippen LogP contribution in [0.1, 0.15) is 16.8 Å². The lowest BCUT2D eigenvalue weighted by Crippen LogP contribution is -2.32. The zero-order chi connectivity index (χ0) is 15.1. The highest BCUT2D eigenvalue weighted by Gasteiger charge is 2.14. The topological polar surface area (TPSA) is 90.6 Å². The molecule has 0 saturated heterocycles. The van der Waals surface area contributed by atoms with Crippen LogP contribution >= 0.6 is 11.6 Å². The van der Waals surface area contributed by atoms with E-state index in [-0.39, 0.29) is 30.2 Å². The number of hydrogen-bond acceptors (Lipinski definition) is 4. The number of benzene rings is 1. The SMILES string of the molecule is CN(CCC#N)C(=O)COc1cc(Cl)ccc1C(=O)O. The van der Waals surface area contributed by atoms with Gasteiger partial charge in [-0.2, -0.15) is 5.26 Å². The van der Waals surface area contributed by atoms with Crippen molar-refractivity contribution in [2.24, 2.45) is 0 Å². The Morgan fingerprint density at radius 2 is 2.20 bits per heavy atom. The highest BCUT2D eigenvalue weighted by atomic mass is 35.5. The molecule has 1 aromatic carbocycles. The van der Waals surface area contributed by atoms with Crippen LogP contribution in [0, 0.1) is 11.3 Å². The fourth-order valence-corrected chi connectivity index (χ4v) is 1.55. The van der Waals surface area contributed by atoms with E-state index in [0.29, 0.717) is 11.6 Å². The number of likely N-dealkylation sites (N-methyl/N-ethyl adjacent to an activating group) is 1. The van der Waals surface area contributed by atoms with Crippen molar-refractivity contribution >= 4 is 23.5 Å². The molecular weight excluding hydrogens is 284 g/mol. The maximum absolute atomic E-state index is 11.7. The van der Waals surface area contributed by atoms with Crippen LogP contribution in [-0.4, -0.2) is 42.1 Å². The van der Waals surface area contributed by atoms with Gasteiger partial charge in [0.05, 0.1) is 12.5 Å². The largest absolute Gasteiger partial charge is 0.483 e. The Kier molecular flexibility index (Phi) is 5.81. The molecule has 1 rings (SSSR count). The lowest BCUT2D eigenvalue weighted by Gasteiger charge is -2.16. The third-order valence-corrected chi connectivity index (χ3v) is 2.75. The summed E-state index contributed by atoms with van der Waals surface area (Å²) in [4.78, 5) is 24.0. The fraction of sp³-hybridized carbons (Fsp3) is 0.308. The summed E-state index contributed by atoms with van der Waals surface area (Å²) in [6, 6.07) is 6.01. The van der Waals surface area contributed by atoms with E-state index < -0.39 is 5.97 Å². The smallest absolute Gasteiger partial charge is 0.339 e. The summed E-state index contributed by atoms with van der Waals surface area (Å²) >= 11 is 5.76. The molecule has 106 valence electrons. The van der Waals surface area contributed by atoms with Crippen molar-refractivity contribution in [2.45, 2.75) is 6.42 Å². The molecule has 0 bridgehead atoms. The lowest BCUT2D eigenvalue weighted by molar-refractivity contribution is -0.132. The van der Waals surface area contributed by atoms with Gasteiger partial charge in [-0.15, -0.1) is 0 Å². The highest BCUT2D eigenvalue weighted by molar-refractivity contribution is 6.30. The molecule has 1 N–H and O–H groups in total. The maximum atomic E-state index is 11.7. The van der Waals surface area contributed by atoms with Crippen LogP contribution in [0.5, 0.6) is 5.75 Å². The normalized spacial score (nSPS) is 9.65. The minimum atomic E-state index is -1.16. The highest BCUT2D eigenvalue weighted by Crippen LogP contribution is 2.23. The summed E-state index contributed by atoms with van der Waals surface area (Å²) in [6.45, 7) is -0.0252. The van der Waals surface area contributed by atoms with Crippen molar-refractivity contribution < 1.29 is 19.4 Å². The first-order chi connectivity index (χ1) is 9.45. The van der Waals surface area contributed by atoms with Gasteiger partial charge in [0, 0.05) is 18.6 Å². The summed E-state index contributed by atoms with van der Waals surface area (Å²) in [5, 5.41) is 17.7. The maximum Gasteiger partial charge on any atom is 0.339 e. The number of nitriles is 1. The Morgan fingerprint density at radius 3 is 2.80 bits per heavy atom. The number of aromatic carboxylic acids is 1. The summed E-state index contributed by atoms with van der Waals surface area (Å²) in [5.74, 6) is -1.48. The summed E-state index contributed by atoms with van der Waals surface area (Å²) in [6.07, 6.45) is 0.222. The van der Waals surface area contributed by atoms with Gasteiger partial charge in [-0.25, -0.2) is 4.79 Å². The van der Waals surface area contributed by atoms with Gasteiger partial charge in [-0.05, 0) is 18.2 Å². The average Bonchev–Trinajstić information content (AvgIpc) is 2.41. The Labute approximate surface area is 121 Å². The number of carboxylic acid groups (broad SMARTS) is 1. The van der Waals surface area contributed by atoms with E-state index in [2.05, 4.69) is 0 Å². The zero-order valence-electron chi connectivity index (χ0n) is 10.8. The Morgan fingerprint density at radius 1 is 1.50 bits per heavy atom. The number of amides is 1. The molecule has 20 heavy (non-hydrogen) atoms. The molecule has 0 saturated carbocycles. The number of carbonyl (C=O) groups is 2. The first-order valence-corrected chi connectivity index (χ1v) is 6.10. The second kappa shape index (κ2) is 7.36. The van der Waals surface area contributed by atoms with Gasteiger partial charge >= 0.3 is 5.97 Å². The molecule has 0 fully saturated rings. The molecule has 0 aliphatic heterocycles. The number of hydrogen-bond donors (Lipinski definition) is 1. The van der Waals surface area contributed by atoms with Crippen LogP contribution in [0.15, 0.2) is 18.2 Å². The van der Waals surface area contributed by atoms with Gasteiger partial charge in [-0.1, -0.05) is 11.6 Å². The Hall–Kier alpha value is -2.26. The van der Waals surface area contributed by atoms with Crippen LogP contribution in [0.25, 0.3) is 0 Å². The molecule has 0 aliphatic rings. The number of nitrogens with zero attached hydrogens (tertiary/aromatic N) is 2. The summed E-state index contributed by atoms with van der Waals surface area (Å²) < 4.78 is 5.20. The molecule has 0 spiro atoms. The first-order valence-electron chi connectivity index (χ1n) is 5.72. The standard InChI is InChI=1S/C13H13ClN2O4/c1-16(6-2-5-15)12(17)8-20-11-7-9(14)3-4-10(11)13(18)19/h3-4,7H,2,6,8H2,1H3,(H,18,19). The monoisotopic (exact) mass is 296 g/mol. The Balaban J connectivity index is 2.70. The molecule has 0 radical (unpaired) electrons. The molecule has 0 atom stereocenters. The third-order valence-electron chi connectivity index (χ3n) is 2.51. The number of rotatable bonds is 6. The summed E-state index contributed by atoms with van der Waals surface area (Å²) in [7, 11) is 1.54. The number of ether oxygens (including phenoxy) is 1. The van der Waals surface area contributed by atoms with E-state index in [1.54, 1.807) is 7.05 Å². The molecule has 6 nitrogen and oxygen atoms in total. The minimum absolute atomic E-state index is 0.0343. The van der Waals surface area contributed by atoms with Gasteiger partial charge in [0.1, 0.15) is 11.3 Å². The minimum Gasteiger partial charge on any atom is -0.483 e. The van der Waals surface area contributed by atoms with Crippen LogP contribution in [0.4, 0.5) is 0 Å². The lowest BCUT2D eigenvalue weighted by atomic mass is 10.2. The van der Waals surface area contributed by atoms with E-state index >= 15 is 0 Å². The van der Waals surface area contributed by atoms with Crippen molar-refractivity contribution in [1.82, 2.24) is 4.90 Å². The second-order valence-electron chi connectivity index (χ2n) is 3.96. The molecule has 7 heteroatoms. The van der Waals surface area contributed by atoms with E-state index in [0.717, 1.165) is 0 Å². The van der Waals surface area contributed by atoms with E-state index in [4.69, 9.17) is 26.7 Å². The van der Waals surface area contributed by atoms with Crippen molar-refractivity contribution in [3.05, 3.63) is 28.8 Å². The predicted molar refractivity (Wildman–Crippen MR) is 71.8 cm³/mol. The van der Waals surface area contributed by atoms with Gasteiger partial charge in [0.2, 0.25) is 0 Å². The van der Waals surface area contributed by atoms with E-state index in [9.17, 15) is 9.59 Å². The molecule has 0 aromatic heterocycles. The van der Waals surface area contributed by atoms with Gasteiger partial charge in [0.25, 0.3) is 5.91 Å².